The number of halogens is 1. The monoisotopic (exact) mass is 244 g/mol. The molecule has 0 aliphatic heterocycles. The van der Waals surface area contributed by atoms with E-state index in [0.717, 1.165) is 8.58 Å². The molecule has 2 heteroatoms. The first-order valence-electron chi connectivity index (χ1n) is 4.22. The van der Waals surface area contributed by atoms with Gasteiger partial charge in [-0.15, -0.1) is 0 Å². The third-order valence-corrected chi connectivity index (χ3v) is 3.38. The van der Waals surface area contributed by atoms with Crippen LogP contribution in [0.25, 0.3) is 0 Å². The van der Waals surface area contributed by atoms with Crippen LogP contribution in [-0.2, 0) is 0 Å². The van der Waals surface area contributed by atoms with Crippen molar-refractivity contribution < 1.29 is 0 Å². The molecule has 0 saturated carbocycles. The smallest absolute Gasteiger partial charge is 0.0120 e. The zero-order chi connectivity index (χ0) is 8.81. The maximum absolute atomic E-state index is 3.55. The molecule has 0 radical (unpaired) electrons. The molecular formula is C10H14BrP. The van der Waals surface area contributed by atoms with E-state index >= 15 is 0 Å². The maximum atomic E-state index is 3.55. The molecule has 66 valence electrons. The summed E-state index contributed by atoms with van der Waals surface area (Å²) in [6, 6.07) is 10.7. The van der Waals surface area contributed by atoms with Crippen molar-refractivity contribution in [1.82, 2.24) is 0 Å². The fourth-order valence-corrected chi connectivity index (χ4v) is 2.92. The lowest BCUT2D eigenvalue weighted by Crippen LogP contribution is -1.97. The molecule has 2 unspecified atom stereocenters. The second-order valence-corrected chi connectivity index (χ2v) is 5.86. The molecule has 0 aliphatic rings. The predicted molar refractivity (Wildman–Crippen MR) is 62.3 cm³/mol. The van der Waals surface area contributed by atoms with Crippen LogP contribution in [0, 0.1) is 0 Å². The number of hydrogen-bond donors (Lipinski definition) is 0. The lowest BCUT2D eigenvalue weighted by molar-refractivity contribution is 0.932. The van der Waals surface area contributed by atoms with E-state index in [4.69, 9.17) is 0 Å². The van der Waals surface area contributed by atoms with Crippen LogP contribution in [0.2, 0.25) is 0 Å². The zero-order valence-corrected chi connectivity index (χ0v) is 9.84. The maximum Gasteiger partial charge on any atom is 0.0120 e. The minimum Gasteiger partial charge on any atom is -0.0904 e. The molecule has 0 aliphatic carbocycles. The van der Waals surface area contributed by atoms with Gasteiger partial charge in [-0.25, -0.2) is 0 Å². The Bertz CT molecular complexity index is 208. The van der Waals surface area contributed by atoms with E-state index in [1.54, 1.807) is 0 Å². The molecule has 0 saturated heterocycles. The Morgan fingerprint density at radius 1 is 1.33 bits per heavy atom. The summed E-state index contributed by atoms with van der Waals surface area (Å²) in [5.41, 5.74) is 0. The van der Waals surface area contributed by atoms with Gasteiger partial charge in [0.2, 0.25) is 0 Å². The average molecular weight is 245 g/mol. The van der Waals surface area contributed by atoms with E-state index in [-0.39, 0.29) is 0 Å². The summed E-state index contributed by atoms with van der Waals surface area (Å²) in [6.07, 6.45) is 2.57. The summed E-state index contributed by atoms with van der Waals surface area (Å²) in [5, 5.41) is 1.48. The van der Waals surface area contributed by atoms with Crippen molar-refractivity contribution in [3.05, 3.63) is 30.3 Å². The standard InChI is InChI=1S/C10H14BrP/c1-9(11)7-8-12-10-5-3-2-4-6-10/h2-6,9,12H,7-8H2,1H3. The number of alkyl halides is 1. The van der Waals surface area contributed by atoms with Gasteiger partial charge in [0, 0.05) is 4.83 Å². The zero-order valence-electron chi connectivity index (χ0n) is 7.26. The second-order valence-electron chi connectivity index (χ2n) is 2.86. The van der Waals surface area contributed by atoms with Crippen molar-refractivity contribution in [2.45, 2.75) is 18.2 Å². The van der Waals surface area contributed by atoms with E-state index in [2.05, 4.69) is 53.2 Å². The van der Waals surface area contributed by atoms with Crippen molar-refractivity contribution in [2.24, 2.45) is 0 Å². The highest BCUT2D eigenvalue weighted by Crippen LogP contribution is 2.15. The van der Waals surface area contributed by atoms with Gasteiger partial charge in [0.15, 0.2) is 0 Å². The molecule has 0 heterocycles. The van der Waals surface area contributed by atoms with Crippen LogP contribution in [0.5, 0.6) is 0 Å². The minimum absolute atomic E-state index is 0.661. The Kier molecular flexibility index (Phi) is 4.87. The van der Waals surface area contributed by atoms with Crippen LogP contribution in [0.15, 0.2) is 30.3 Å². The molecule has 0 fully saturated rings. The Hall–Kier alpha value is 0.130. The molecule has 0 spiro atoms. The third kappa shape index (κ3) is 4.23. The number of hydrogen-bond acceptors (Lipinski definition) is 0. The van der Waals surface area contributed by atoms with Gasteiger partial charge in [-0.3, -0.25) is 0 Å². The lowest BCUT2D eigenvalue weighted by atomic mass is 10.4. The van der Waals surface area contributed by atoms with Gasteiger partial charge in [0.1, 0.15) is 0 Å². The molecule has 1 rings (SSSR count). The lowest BCUT2D eigenvalue weighted by Gasteiger charge is -2.02. The van der Waals surface area contributed by atoms with Crippen LogP contribution in [0.4, 0.5) is 0 Å². The SMILES string of the molecule is CC(Br)CCPc1ccccc1. The summed E-state index contributed by atoms with van der Waals surface area (Å²) in [5.74, 6) is 0. The summed E-state index contributed by atoms with van der Waals surface area (Å²) in [4.78, 5) is 0.661. The summed E-state index contributed by atoms with van der Waals surface area (Å²) in [6.45, 7) is 2.20. The highest BCUT2D eigenvalue weighted by Gasteiger charge is 1.95. The number of rotatable bonds is 4. The van der Waals surface area contributed by atoms with Gasteiger partial charge in [-0.2, -0.15) is 0 Å². The molecule has 0 amide bonds. The highest BCUT2D eigenvalue weighted by molar-refractivity contribution is 9.09. The first-order chi connectivity index (χ1) is 5.79. The van der Waals surface area contributed by atoms with Crippen LogP contribution < -0.4 is 5.30 Å². The van der Waals surface area contributed by atoms with Crippen molar-refractivity contribution in [3.63, 3.8) is 0 Å². The largest absolute Gasteiger partial charge is 0.0904 e. The van der Waals surface area contributed by atoms with E-state index < -0.39 is 0 Å². The van der Waals surface area contributed by atoms with Crippen LogP contribution in [0.1, 0.15) is 13.3 Å². The highest BCUT2D eigenvalue weighted by atomic mass is 79.9. The average Bonchev–Trinajstić information content (AvgIpc) is 2.05. The van der Waals surface area contributed by atoms with Crippen LogP contribution >= 0.6 is 24.5 Å². The van der Waals surface area contributed by atoms with Crippen LogP contribution in [0.3, 0.4) is 0 Å². The molecule has 2 atom stereocenters. The van der Waals surface area contributed by atoms with Crippen molar-refractivity contribution in [3.8, 4) is 0 Å². The van der Waals surface area contributed by atoms with Gasteiger partial charge in [0.25, 0.3) is 0 Å². The van der Waals surface area contributed by atoms with Crippen molar-refractivity contribution >= 4 is 29.8 Å². The minimum atomic E-state index is 0.661. The topological polar surface area (TPSA) is 0 Å². The van der Waals surface area contributed by atoms with Crippen molar-refractivity contribution in [2.75, 3.05) is 6.16 Å². The van der Waals surface area contributed by atoms with Gasteiger partial charge in [0.05, 0.1) is 0 Å². The summed E-state index contributed by atoms with van der Waals surface area (Å²) < 4.78 is 0. The fourth-order valence-electron chi connectivity index (χ4n) is 0.971. The Morgan fingerprint density at radius 2 is 2.00 bits per heavy atom. The molecule has 0 aromatic heterocycles. The van der Waals surface area contributed by atoms with Gasteiger partial charge >= 0.3 is 0 Å². The quantitative estimate of drug-likeness (QED) is 0.564. The summed E-state index contributed by atoms with van der Waals surface area (Å²) in [7, 11) is 0.967. The van der Waals surface area contributed by atoms with E-state index in [1.165, 1.54) is 17.9 Å². The molecular weight excluding hydrogens is 231 g/mol. The third-order valence-electron chi connectivity index (χ3n) is 1.65. The molecule has 12 heavy (non-hydrogen) atoms. The second kappa shape index (κ2) is 5.72. The molecule has 0 nitrogen and oxygen atoms in total. The first-order valence-corrected chi connectivity index (χ1v) is 6.34. The van der Waals surface area contributed by atoms with E-state index in [9.17, 15) is 0 Å². The summed E-state index contributed by atoms with van der Waals surface area (Å²) >= 11 is 3.55. The Labute approximate surface area is 84.7 Å². The molecule has 0 N–H and O–H groups in total. The Morgan fingerprint density at radius 3 is 2.58 bits per heavy atom. The number of benzene rings is 1. The van der Waals surface area contributed by atoms with Crippen LogP contribution in [-0.4, -0.2) is 11.0 Å². The fraction of sp³-hybridized carbons (Fsp3) is 0.400. The first kappa shape index (κ1) is 10.2. The van der Waals surface area contributed by atoms with Gasteiger partial charge in [-0.05, 0) is 17.9 Å². The molecule has 1 aromatic carbocycles. The normalized spacial score (nSPS) is 13.8. The molecule has 0 bridgehead atoms. The predicted octanol–water partition coefficient (Wildman–Crippen LogP) is 3.16. The van der Waals surface area contributed by atoms with Crippen molar-refractivity contribution in [1.29, 1.82) is 0 Å². The molecule has 1 aromatic rings. The van der Waals surface area contributed by atoms with E-state index in [0.29, 0.717) is 4.83 Å². The van der Waals surface area contributed by atoms with Gasteiger partial charge < -0.3 is 0 Å². The Balaban J connectivity index is 2.25. The van der Waals surface area contributed by atoms with Gasteiger partial charge in [-0.1, -0.05) is 61.8 Å². The van der Waals surface area contributed by atoms with E-state index in [1.807, 2.05) is 0 Å².